The zero-order chi connectivity index (χ0) is 32.0. The number of anilines is 1. The van der Waals surface area contributed by atoms with Gasteiger partial charge < -0.3 is 26.0 Å². The zero-order valence-electron chi connectivity index (χ0n) is 26.7. The molecule has 0 aliphatic carbocycles. The second-order valence-corrected chi connectivity index (χ2v) is 12.1. The molecular weight excluding hydrogens is 544 g/mol. The monoisotopic (exact) mass is 594 g/mol. The summed E-state index contributed by atoms with van der Waals surface area (Å²) in [6, 6.07) is 12.8. The third-order valence-corrected chi connectivity index (χ3v) is 7.15. The van der Waals surface area contributed by atoms with Crippen LogP contribution in [-0.4, -0.2) is 46.9 Å². The highest BCUT2D eigenvalue weighted by Gasteiger charge is 2.37. The van der Waals surface area contributed by atoms with Crippen molar-refractivity contribution in [2.24, 2.45) is 5.73 Å². The summed E-state index contributed by atoms with van der Waals surface area (Å²) in [6.45, 7) is 11.4. The zero-order valence-corrected chi connectivity index (χ0v) is 26.7. The van der Waals surface area contributed by atoms with Crippen molar-refractivity contribution in [1.82, 2.24) is 10.2 Å². The number of aryl methyl sites for hydroxylation is 2. The van der Waals surface area contributed by atoms with Gasteiger partial charge in [0.2, 0.25) is 11.8 Å². The Balaban J connectivity index is 2.54. The Morgan fingerprint density at radius 3 is 2.09 bits per heavy atom. The van der Waals surface area contributed by atoms with Crippen LogP contribution in [0.25, 0.3) is 0 Å². The van der Waals surface area contributed by atoms with E-state index in [0.29, 0.717) is 17.7 Å². The molecule has 0 bridgehead atoms. The van der Waals surface area contributed by atoms with Crippen molar-refractivity contribution in [3.05, 3.63) is 65.2 Å². The number of alkyl carbamates (subject to hydrolysis) is 1. The first-order chi connectivity index (χ1) is 20.3. The molecule has 4 N–H and O–H groups in total. The van der Waals surface area contributed by atoms with Crippen LogP contribution in [0.2, 0.25) is 0 Å². The van der Waals surface area contributed by atoms with Gasteiger partial charge in [0.05, 0.1) is 0 Å². The van der Waals surface area contributed by atoms with Gasteiger partial charge in [-0.25, -0.2) is 4.79 Å². The number of nitrogens with one attached hydrogen (secondary N) is 2. The second kappa shape index (κ2) is 17.3. The standard InChI is InChI=1S/C34H50N4O5/c1-7-8-9-10-11-16-23-38(32(41)28(21-22-29(35)39)37-33(42)43-34(4,5)6)30(26-19-14-12-17-24(26)2)31(40)36-27-20-15-13-18-25(27)3/h12-15,17-20,28,30H,7-11,16,21-23H2,1-6H3,(H2,35,39)(H,36,40)(H,37,42). The number of primary amides is 1. The molecule has 2 atom stereocenters. The molecular formula is C34H50N4O5. The van der Waals surface area contributed by atoms with Crippen LogP contribution in [0.5, 0.6) is 0 Å². The second-order valence-electron chi connectivity index (χ2n) is 12.1. The Morgan fingerprint density at radius 2 is 1.49 bits per heavy atom. The summed E-state index contributed by atoms with van der Waals surface area (Å²) in [7, 11) is 0. The molecule has 0 spiro atoms. The number of unbranched alkanes of at least 4 members (excludes halogenated alkanes) is 5. The number of benzene rings is 2. The molecule has 0 aromatic heterocycles. The average molecular weight is 595 g/mol. The predicted octanol–water partition coefficient (Wildman–Crippen LogP) is 6.33. The molecule has 4 amide bonds. The number of nitrogens with zero attached hydrogens (tertiary/aromatic N) is 1. The van der Waals surface area contributed by atoms with Crippen molar-refractivity contribution in [3.63, 3.8) is 0 Å². The third kappa shape index (κ3) is 12.1. The summed E-state index contributed by atoms with van der Waals surface area (Å²) in [6.07, 6.45) is 5.00. The van der Waals surface area contributed by atoms with Crippen LogP contribution in [0.3, 0.4) is 0 Å². The van der Waals surface area contributed by atoms with Crippen molar-refractivity contribution in [2.75, 3.05) is 11.9 Å². The van der Waals surface area contributed by atoms with Crippen LogP contribution in [0, 0.1) is 13.8 Å². The van der Waals surface area contributed by atoms with E-state index in [9.17, 15) is 19.2 Å². The number of rotatable bonds is 16. The van der Waals surface area contributed by atoms with Crippen molar-refractivity contribution in [2.45, 2.75) is 111 Å². The highest BCUT2D eigenvalue weighted by Crippen LogP contribution is 2.29. The molecule has 0 fully saturated rings. The van der Waals surface area contributed by atoms with Gasteiger partial charge in [-0.3, -0.25) is 14.4 Å². The molecule has 43 heavy (non-hydrogen) atoms. The summed E-state index contributed by atoms with van der Waals surface area (Å²) < 4.78 is 5.43. The molecule has 2 unspecified atom stereocenters. The minimum absolute atomic E-state index is 0.0275. The van der Waals surface area contributed by atoms with E-state index >= 15 is 0 Å². The summed E-state index contributed by atoms with van der Waals surface area (Å²) in [4.78, 5) is 54.6. The molecule has 2 aromatic carbocycles. The highest BCUT2D eigenvalue weighted by molar-refractivity contribution is 5.99. The summed E-state index contributed by atoms with van der Waals surface area (Å²) in [5.74, 6) is -1.44. The van der Waals surface area contributed by atoms with Gasteiger partial charge in [0.1, 0.15) is 17.7 Å². The van der Waals surface area contributed by atoms with Crippen molar-refractivity contribution in [1.29, 1.82) is 0 Å². The van der Waals surface area contributed by atoms with E-state index in [2.05, 4.69) is 17.6 Å². The fourth-order valence-electron chi connectivity index (χ4n) is 4.88. The number of ether oxygens (including phenoxy) is 1. The summed E-state index contributed by atoms with van der Waals surface area (Å²) in [5, 5.41) is 5.69. The van der Waals surface area contributed by atoms with Crippen LogP contribution in [0.15, 0.2) is 48.5 Å². The number of carbonyl (C=O) groups is 4. The van der Waals surface area contributed by atoms with Gasteiger partial charge in [0, 0.05) is 18.7 Å². The van der Waals surface area contributed by atoms with Crippen LogP contribution in [0.1, 0.15) is 102 Å². The number of amides is 4. The Labute approximate surface area is 256 Å². The Kier molecular flexibility index (Phi) is 14.2. The number of hydrogen-bond donors (Lipinski definition) is 3. The number of hydrogen-bond acceptors (Lipinski definition) is 5. The Morgan fingerprint density at radius 1 is 0.884 bits per heavy atom. The predicted molar refractivity (Wildman–Crippen MR) is 170 cm³/mol. The van der Waals surface area contributed by atoms with Gasteiger partial charge in [-0.2, -0.15) is 0 Å². The highest BCUT2D eigenvalue weighted by atomic mass is 16.6. The molecule has 2 rings (SSSR count). The molecule has 236 valence electrons. The largest absolute Gasteiger partial charge is 0.444 e. The van der Waals surface area contributed by atoms with Crippen LogP contribution >= 0.6 is 0 Å². The fraction of sp³-hybridized carbons (Fsp3) is 0.529. The molecule has 9 heteroatoms. The summed E-state index contributed by atoms with van der Waals surface area (Å²) in [5.41, 5.74) is 7.70. The SMILES string of the molecule is CCCCCCCCN(C(=O)C(CCC(N)=O)NC(=O)OC(C)(C)C)C(C(=O)Nc1ccccc1C)c1ccccc1C. The van der Waals surface area contributed by atoms with Gasteiger partial charge in [-0.15, -0.1) is 0 Å². The molecule has 0 saturated heterocycles. The Bertz CT molecular complexity index is 1220. The van der Waals surface area contributed by atoms with E-state index in [-0.39, 0.29) is 25.3 Å². The molecule has 0 heterocycles. The van der Waals surface area contributed by atoms with Gasteiger partial charge in [0.25, 0.3) is 5.91 Å². The maximum Gasteiger partial charge on any atom is 0.408 e. The number of nitrogens with two attached hydrogens (primary N) is 1. The molecule has 0 aliphatic rings. The maximum atomic E-state index is 14.4. The lowest BCUT2D eigenvalue weighted by Gasteiger charge is -2.35. The van der Waals surface area contributed by atoms with Gasteiger partial charge in [0.15, 0.2) is 0 Å². The smallest absolute Gasteiger partial charge is 0.408 e. The van der Waals surface area contributed by atoms with Crippen LogP contribution in [-0.2, 0) is 19.1 Å². The van der Waals surface area contributed by atoms with E-state index < -0.39 is 35.6 Å². The van der Waals surface area contributed by atoms with E-state index in [4.69, 9.17) is 10.5 Å². The van der Waals surface area contributed by atoms with E-state index in [1.54, 1.807) is 25.7 Å². The van der Waals surface area contributed by atoms with Gasteiger partial charge in [-0.1, -0.05) is 81.5 Å². The van der Waals surface area contributed by atoms with Crippen molar-refractivity contribution >= 4 is 29.5 Å². The van der Waals surface area contributed by atoms with Crippen LogP contribution in [0.4, 0.5) is 10.5 Å². The summed E-state index contributed by atoms with van der Waals surface area (Å²) >= 11 is 0. The quantitative estimate of drug-likeness (QED) is 0.196. The van der Waals surface area contributed by atoms with E-state index in [1.807, 2.05) is 62.4 Å². The first kappa shape index (κ1) is 35.3. The topological polar surface area (TPSA) is 131 Å². The molecule has 0 saturated carbocycles. The number of carbonyl (C=O) groups excluding carboxylic acids is 4. The lowest BCUT2D eigenvalue weighted by molar-refractivity contribution is -0.141. The molecule has 0 radical (unpaired) electrons. The van der Waals surface area contributed by atoms with Gasteiger partial charge >= 0.3 is 6.09 Å². The maximum absolute atomic E-state index is 14.4. The van der Waals surface area contributed by atoms with Gasteiger partial charge in [-0.05, 0) is 70.2 Å². The molecule has 9 nitrogen and oxygen atoms in total. The lowest BCUT2D eigenvalue weighted by atomic mass is 9.96. The Hall–Kier alpha value is -3.88. The minimum Gasteiger partial charge on any atom is -0.444 e. The molecule has 2 aromatic rings. The first-order valence-corrected chi connectivity index (χ1v) is 15.3. The van der Waals surface area contributed by atoms with E-state index in [0.717, 1.165) is 43.2 Å². The number of para-hydroxylation sites is 1. The minimum atomic E-state index is -1.12. The molecule has 0 aliphatic heterocycles. The van der Waals surface area contributed by atoms with E-state index in [1.165, 1.54) is 0 Å². The van der Waals surface area contributed by atoms with Crippen LogP contribution < -0.4 is 16.4 Å². The van der Waals surface area contributed by atoms with Crippen molar-refractivity contribution in [3.8, 4) is 0 Å². The van der Waals surface area contributed by atoms with Crippen molar-refractivity contribution < 1.29 is 23.9 Å². The normalized spacial score (nSPS) is 12.6. The lowest BCUT2D eigenvalue weighted by Crippen LogP contribution is -2.53. The fourth-order valence-corrected chi connectivity index (χ4v) is 4.88. The average Bonchev–Trinajstić information content (AvgIpc) is 2.92. The third-order valence-electron chi connectivity index (χ3n) is 7.15. The first-order valence-electron chi connectivity index (χ1n) is 15.3.